The maximum absolute atomic E-state index is 13.2. The molecule has 0 amide bonds. The van der Waals surface area contributed by atoms with Crippen LogP contribution >= 0.6 is 0 Å². The van der Waals surface area contributed by atoms with Crippen molar-refractivity contribution in [1.82, 2.24) is 0 Å². The number of fused-ring (bicyclic) bond motifs is 1. The number of carbonyl (C=O) groups is 2. The van der Waals surface area contributed by atoms with E-state index in [0.717, 1.165) is 89.9 Å². The summed E-state index contributed by atoms with van der Waals surface area (Å²) in [7, 11) is 0. The summed E-state index contributed by atoms with van der Waals surface area (Å²) < 4.78 is 39.7. The van der Waals surface area contributed by atoms with Crippen LogP contribution in [0.2, 0.25) is 0 Å². The number of nitrogens with zero attached hydrogens (tertiary/aromatic N) is 1. The Kier molecular flexibility index (Phi) is 7.11. The lowest BCUT2D eigenvalue weighted by Gasteiger charge is -2.31. The van der Waals surface area contributed by atoms with Gasteiger partial charge in [-0.15, -0.1) is 0 Å². The molecule has 1 N–H and O–H groups in total. The molecule has 38 heavy (non-hydrogen) atoms. The van der Waals surface area contributed by atoms with Crippen LogP contribution in [0.15, 0.2) is 66.7 Å². The topological polar surface area (TPSA) is 57.6 Å². The summed E-state index contributed by atoms with van der Waals surface area (Å²) in [6, 6.07) is 18.6. The lowest BCUT2D eigenvalue weighted by Crippen LogP contribution is -2.34. The first-order valence-corrected chi connectivity index (χ1v) is 12.8. The van der Waals surface area contributed by atoms with Crippen molar-refractivity contribution in [2.75, 3.05) is 18.0 Å². The molecule has 0 atom stereocenters. The number of hydrogen-bond donors (Lipinski definition) is 1. The summed E-state index contributed by atoms with van der Waals surface area (Å²) in [5.41, 5.74) is 5.93. The van der Waals surface area contributed by atoms with Crippen LogP contribution in [0.1, 0.15) is 63.9 Å². The molecule has 2 aliphatic rings. The third-order valence-corrected chi connectivity index (χ3v) is 7.61. The van der Waals surface area contributed by atoms with E-state index in [1.165, 1.54) is 12.1 Å². The molecule has 3 aromatic rings. The second-order valence-corrected chi connectivity index (χ2v) is 9.97. The van der Waals surface area contributed by atoms with Crippen molar-refractivity contribution in [3.8, 4) is 0 Å². The summed E-state index contributed by atoms with van der Waals surface area (Å²) in [5, 5.41) is 9.52. The first kappa shape index (κ1) is 25.8. The van der Waals surface area contributed by atoms with Gasteiger partial charge < -0.3 is 14.8 Å². The van der Waals surface area contributed by atoms with E-state index in [2.05, 4.69) is 4.90 Å². The quantitative estimate of drug-likeness (QED) is 0.365. The zero-order valence-corrected chi connectivity index (χ0v) is 20.8. The summed E-state index contributed by atoms with van der Waals surface area (Å²) in [5.74, 6) is -0.881. The number of carboxylic acids is 1. The molecule has 1 fully saturated rings. The van der Waals surface area contributed by atoms with Gasteiger partial charge in [-0.25, -0.2) is 4.79 Å². The summed E-state index contributed by atoms with van der Waals surface area (Å²) >= 11 is 0. The molecule has 4 nitrogen and oxygen atoms in total. The first-order chi connectivity index (χ1) is 18.2. The number of hydrogen-bond acceptors (Lipinski definition) is 3. The minimum absolute atomic E-state index is 0.111. The molecule has 1 saturated heterocycles. The van der Waals surface area contributed by atoms with Crippen LogP contribution in [-0.4, -0.2) is 30.5 Å². The van der Waals surface area contributed by atoms with E-state index in [4.69, 9.17) is 0 Å². The summed E-state index contributed by atoms with van der Waals surface area (Å²) in [4.78, 5) is 25.0. The number of rotatable bonds is 5. The number of allylic oxidation sites excluding steroid dienone is 1. The Bertz CT molecular complexity index is 1370. The first-order valence-electron chi connectivity index (χ1n) is 12.8. The Morgan fingerprint density at radius 2 is 1.55 bits per heavy atom. The molecule has 1 aliphatic carbocycles. The minimum atomic E-state index is -4.41. The number of alkyl halides is 3. The van der Waals surface area contributed by atoms with Gasteiger partial charge in [0.1, 0.15) is 6.29 Å². The minimum Gasteiger partial charge on any atom is -0.478 e. The molecule has 196 valence electrons. The van der Waals surface area contributed by atoms with Gasteiger partial charge in [-0.05, 0) is 102 Å². The molecule has 0 unspecified atom stereocenters. The lowest BCUT2D eigenvalue weighted by molar-refractivity contribution is -0.137. The average molecular weight is 520 g/mol. The lowest BCUT2D eigenvalue weighted by atomic mass is 9.87. The van der Waals surface area contributed by atoms with E-state index < -0.39 is 17.7 Å². The number of aldehydes is 1. The highest BCUT2D eigenvalue weighted by Crippen LogP contribution is 2.41. The Balaban J connectivity index is 1.59. The Hall–Kier alpha value is -3.87. The molecule has 0 spiro atoms. The van der Waals surface area contributed by atoms with Crippen LogP contribution in [-0.2, 0) is 17.4 Å². The van der Waals surface area contributed by atoms with Crippen LogP contribution in [0, 0.1) is 5.92 Å². The number of carboxylic acid groups (broad SMARTS) is 1. The molecule has 0 radical (unpaired) electrons. The highest BCUT2D eigenvalue weighted by atomic mass is 19.4. The second-order valence-electron chi connectivity index (χ2n) is 9.97. The van der Waals surface area contributed by atoms with E-state index in [-0.39, 0.29) is 11.5 Å². The molecule has 1 heterocycles. The van der Waals surface area contributed by atoms with Crippen LogP contribution in [0.4, 0.5) is 18.9 Å². The van der Waals surface area contributed by atoms with Crippen LogP contribution in [0.5, 0.6) is 0 Å². The van der Waals surface area contributed by atoms with Gasteiger partial charge in [0, 0.05) is 24.7 Å². The average Bonchev–Trinajstić information content (AvgIpc) is 3.12. The van der Waals surface area contributed by atoms with Crippen molar-refractivity contribution < 1.29 is 27.9 Å². The van der Waals surface area contributed by atoms with Crippen molar-refractivity contribution >= 4 is 29.1 Å². The molecular formula is C31H28F3NO3. The van der Waals surface area contributed by atoms with E-state index in [1.54, 1.807) is 12.1 Å². The highest BCUT2D eigenvalue weighted by molar-refractivity contribution is 6.00. The molecular weight excluding hydrogens is 491 g/mol. The number of anilines is 1. The molecule has 0 aromatic heterocycles. The Morgan fingerprint density at radius 1 is 0.895 bits per heavy atom. The number of benzene rings is 3. The van der Waals surface area contributed by atoms with E-state index in [1.807, 2.05) is 30.3 Å². The smallest absolute Gasteiger partial charge is 0.416 e. The van der Waals surface area contributed by atoms with E-state index in [9.17, 15) is 27.9 Å². The molecule has 0 saturated carbocycles. The third kappa shape index (κ3) is 5.23. The van der Waals surface area contributed by atoms with Crippen molar-refractivity contribution in [3.05, 3.63) is 100 Å². The normalized spacial score (nSPS) is 16.7. The number of aryl methyl sites for hydroxylation is 1. The van der Waals surface area contributed by atoms with Gasteiger partial charge >= 0.3 is 12.1 Å². The van der Waals surface area contributed by atoms with Gasteiger partial charge in [-0.1, -0.05) is 30.3 Å². The molecule has 3 aromatic carbocycles. The van der Waals surface area contributed by atoms with Crippen LogP contribution < -0.4 is 4.90 Å². The Morgan fingerprint density at radius 3 is 2.16 bits per heavy atom. The fourth-order valence-corrected chi connectivity index (χ4v) is 5.53. The molecule has 1 aliphatic heterocycles. The van der Waals surface area contributed by atoms with Crippen LogP contribution in [0.25, 0.3) is 11.1 Å². The molecule has 0 bridgehead atoms. The standard InChI is InChI=1S/C31H28F3NO3/c32-31(33,34)25-9-4-21(5-10-25)27-3-1-2-23-18-24(30(37)38)8-13-28(23)29(27)22-6-11-26(12-7-22)35-16-14-20(19-36)15-17-35/h4-13,18-20H,1-3,14-17H2,(H,37,38). The Labute approximate surface area is 219 Å². The zero-order chi connectivity index (χ0) is 26.9. The number of piperidine rings is 1. The number of aromatic carboxylic acids is 1. The predicted octanol–water partition coefficient (Wildman–Crippen LogP) is 7.11. The van der Waals surface area contributed by atoms with Crippen molar-refractivity contribution in [1.29, 1.82) is 0 Å². The zero-order valence-electron chi connectivity index (χ0n) is 20.8. The molecule has 5 rings (SSSR count). The number of carbonyl (C=O) groups excluding carboxylic acids is 1. The van der Waals surface area contributed by atoms with Gasteiger partial charge in [0.05, 0.1) is 11.1 Å². The SMILES string of the molecule is O=CC1CCN(c2ccc(C3=C(c4ccc(C(F)(F)F)cc4)CCCc4cc(C(=O)O)ccc43)cc2)CC1. The highest BCUT2D eigenvalue weighted by Gasteiger charge is 2.30. The van der Waals surface area contributed by atoms with Crippen molar-refractivity contribution in [3.63, 3.8) is 0 Å². The fourth-order valence-electron chi connectivity index (χ4n) is 5.53. The van der Waals surface area contributed by atoms with Gasteiger partial charge in [0.15, 0.2) is 0 Å². The van der Waals surface area contributed by atoms with E-state index >= 15 is 0 Å². The molecule has 7 heteroatoms. The summed E-state index contributed by atoms with van der Waals surface area (Å²) in [6.07, 6.45) is 0.359. The fraction of sp³-hybridized carbons (Fsp3) is 0.290. The maximum atomic E-state index is 13.2. The maximum Gasteiger partial charge on any atom is 0.416 e. The summed E-state index contributed by atoms with van der Waals surface area (Å²) in [6.45, 7) is 1.62. The van der Waals surface area contributed by atoms with Crippen molar-refractivity contribution in [2.45, 2.75) is 38.3 Å². The predicted molar refractivity (Wildman–Crippen MR) is 141 cm³/mol. The largest absolute Gasteiger partial charge is 0.478 e. The van der Waals surface area contributed by atoms with Gasteiger partial charge in [0.25, 0.3) is 0 Å². The van der Waals surface area contributed by atoms with Crippen molar-refractivity contribution in [2.24, 2.45) is 5.92 Å². The van der Waals surface area contributed by atoms with Gasteiger partial charge in [0.2, 0.25) is 0 Å². The third-order valence-electron chi connectivity index (χ3n) is 7.61. The van der Waals surface area contributed by atoms with Gasteiger partial charge in [-0.3, -0.25) is 0 Å². The monoisotopic (exact) mass is 519 g/mol. The number of halogens is 3. The second kappa shape index (κ2) is 10.5. The van der Waals surface area contributed by atoms with Gasteiger partial charge in [-0.2, -0.15) is 13.2 Å². The van der Waals surface area contributed by atoms with Crippen LogP contribution in [0.3, 0.4) is 0 Å². The van der Waals surface area contributed by atoms with E-state index in [0.29, 0.717) is 12.8 Å².